The van der Waals surface area contributed by atoms with Crippen molar-refractivity contribution in [2.75, 3.05) is 29.1 Å². The van der Waals surface area contributed by atoms with Gasteiger partial charge in [0.25, 0.3) is 6.01 Å². The topological polar surface area (TPSA) is 84.7 Å². The third-order valence-electron chi connectivity index (χ3n) is 5.00. The summed E-state index contributed by atoms with van der Waals surface area (Å²) < 4.78 is 35.6. The van der Waals surface area contributed by atoms with Gasteiger partial charge in [-0.15, -0.1) is 0 Å². The van der Waals surface area contributed by atoms with Crippen molar-refractivity contribution >= 4 is 38.3 Å². The molecule has 4 rings (SSSR count). The zero-order valence-electron chi connectivity index (χ0n) is 16.8. The van der Waals surface area contributed by atoms with Gasteiger partial charge < -0.3 is 19.4 Å². The van der Waals surface area contributed by atoms with E-state index in [0.717, 1.165) is 24.5 Å². The van der Waals surface area contributed by atoms with Crippen LogP contribution in [0, 0.1) is 0 Å². The minimum absolute atomic E-state index is 0.0501. The highest BCUT2D eigenvalue weighted by Gasteiger charge is 2.22. The number of fused-ring (bicyclic) bond motifs is 1. The van der Waals surface area contributed by atoms with Crippen LogP contribution in [-0.4, -0.2) is 44.5 Å². The lowest BCUT2D eigenvalue weighted by Gasteiger charge is -2.36. The normalized spacial score (nSPS) is 20.2. The number of aromatic nitrogens is 1. The number of oxazole rings is 1. The maximum absolute atomic E-state index is 12.1. The van der Waals surface area contributed by atoms with Gasteiger partial charge in [0.1, 0.15) is 5.52 Å². The quantitative estimate of drug-likeness (QED) is 0.675. The van der Waals surface area contributed by atoms with Gasteiger partial charge in [0.2, 0.25) is 0 Å². The largest absolute Gasteiger partial charge is 0.423 e. The van der Waals surface area contributed by atoms with E-state index in [9.17, 15) is 8.42 Å². The summed E-state index contributed by atoms with van der Waals surface area (Å²) in [6.45, 7) is 7.53. The summed E-state index contributed by atoms with van der Waals surface area (Å²) in [6, 6.07) is 13.1. The molecule has 8 heteroatoms. The van der Waals surface area contributed by atoms with E-state index in [1.807, 2.05) is 12.1 Å². The Morgan fingerprint density at radius 1 is 1.10 bits per heavy atom. The van der Waals surface area contributed by atoms with Crippen LogP contribution in [0.4, 0.5) is 17.4 Å². The van der Waals surface area contributed by atoms with Crippen LogP contribution in [0.25, 0.3) is 11.1 Å². The molecule has 1 N–H and O–H groups in total. The van der Waals surface area contributed by atoms with Crippen LogP contribution in [0.15, 0.2) is 51.8 Å². The summed E-state index contributed by atoms with van der Waals surface area (Å²) >= 11 is 0. The lowest BCUT2D eigenvalue weighted by Crippen LogP contribution is -2.45. The van der Waals surface area contributed by atoms with Crippen molar-refractivity contribution in [2.45, 2.75) is 37.9 Å². The molecule has 154 valence electrons. The molecule has 29 heavy (non-hydrogen) atoms. The minimum atomic E-state index is -3.28. The number of rotatable bonds is 5. The molecule has 1 aliphatic rings. The average Bonchev–Trinajstić information content (AvgIpc) is 3.09. The first-order valence-electron chi connectivity index (χ1n) is 9.75. The highest BCUT2D eigenvalue weighted by atomic mass is 32.2. The van der Waals surface area contributed by atoms with Gasteiger partial charge in [-0.05, 0) is 56.3 Å². The summed E-state index contributed by atoms with van der Waals surface area (Å²) in [5.41, 5.74) is 3.03. The molecule has 2 atom stereocenters. The van der Waals surface area contributed by atoms with Gasteiger partial charge in [0, 0.05) is 24.5 Å². The number of morpholine rings is 1. The summed E-state index contributed by atoms with van der Waals surface area (Å²) in [7, 11) is -3.28. The second kappa shape index (κ2) is 7.68. The molecule has 1 aromatic heterocycles. The molecule has 1 saturated heterocycles. The Kier molecular flexibility index (Phi) is 5.23. The van der Waals surface area contributed by atoms with Gasteiger partial charge in [-0.25, -0.2) is 8.42 Å². The first-order valence-corrected chi connectivity index (χ1v) is 11.4. The van der Waals surface area contributed by atoms with Gasteiger partial charge in [-0.2, -0.15) is 4.98 Å². The van der Waals surface area contributed by atoms with Crippen LogP contribution in [0.3, 0.4) is 0 Å². The van der Waals surface area contributed by atoms with E-state index >= 15 is 0 Å². The Hall–Kier alpha value is -2.58. The van der Waals surface area contributed by atoms with Crippen LogP contribution < -0.4 is 10.2 Å². The van der Waals surface area contributed by atoms with Gasteiger partial charge in [0.15, 0.2) is 15.4 Å². The van der Waals surface area contributed by atoms with E-state index in [4.69, 9.17) is 9.15 Å². The maximum atomic E-state index is 12.1. The Labute approximate surface area is 170 Å². The van der Waals surface area contributed by atoms with E-state index in [-0.39, 0.29) is 22.9 Å². The molecule has 1 aliphatic heterocycles. The second-order valence-corrected chi connectivity index (χ2v) is 9.66. The molecule has 0 saturated carbocycles. The van der Waals surface area contributed by atoms with Crippen LogP contribution in [-0.2, 0) is 14.6 Å². The number of benzene rings is 2. The van der Waals surface area contributed by atoms with Crippen molar-refractivity contribution in [3.63, 3.8) is 0 Å². The van der Waals surface area contributed by atoms with Gasteiger partial charge in [-0.3, -0.25) is 0 Å². The predicted octanol–water partition coefficient (Wildman–Crippen LogP) is 3.98. The van der Waals surface area contributed by atoms with Gasteiger partial charge >= 0.3 is 0 Å². The highest BCUT2D eigenvalue weighted by Crippen LogP contribution is 2.27. The number of nitrogens with one attached hydrogen (secondary N) is 1. The van der Waals surface area contributed by atoms with Crippen molar-refractivity contribution in [3.05, 3.63) is 42.5 Å². The molecule has 0 amide bonds. The summed E-state index contributed by atoms with van der Waals surface area (Å²) in [6.07, 6.45) is 0.412. The smallest absolute Gasteiger partial charge is 0.300 e. The average molecular weight is 416 g/mol. The standard InChI is InChI=1S/C21H25N3O4S/c1-4-29(25,26)18-9-10-20-19(11-18)23-21(28-20)22-16-5-7-17(8-6-16)24-12-14(2)27-15(3)13-24/h5-11,14-15H,4,12-13H2,1-3H3,(H,22,23)/t14-,15+. The molecular weight excluding hydrogens is 390 g/mol. The Morgan fingerprint density at radius 2 is 1.79 bits per heavy atom. The first kappa shape index (κ1) is 19.7. The van der Waals surface area contributed by atoms with E-state index in [1.165, 1.54) is 0 Å². The van der Waals surface area contributed by atoms with Crippen molar-refractivity contribution in [2.24, 2.45) is 0 Å². The van der Waals surface area contributed by atoms with Crippen LogP contribution in [0.1, 0.15) is 20.8 Å². The van der Waals surface area contributed by atoms with Gasteiger partial charge in [0.05, 0.1) is 22.9 Å². The zero-order chi connectivity index (χ0) is 20.6. The van der Waals surface area contributed by atoms with Crippen molar-refractivity contribution < 1.29 is 17.6 Å². The third-order valence-corrected chi connectivity index (χ3v) is 6.73. The number of hydrogen-bond donors (Lipinski definition) is 1. The van der Waals surface area contributed by atoms with Crippen molar-refractivity contribution in [1.29, 1.82) is 0 Å². The predicted molar refractivity (Wildman–Crippen MR) is 114 cm³/mol. The number of ether oxygens (including phenoxy) is 1. The van der Waals surface area contributed by atoms with Crippen molar-refractivity contribution in [3.8, 4) is 0 Å². The number of hydrogen-bond acceptors (Lipinski definition) is 7. The molecule has 0 radical (unpaired) electrons. The van der Waals surface area contributed by atoms with Crippen LogP contribution in [0.2, 0.25) is 0 Å². The number of sulfone groups is 1. The monoisotopic (exact) mass is 415 g/mol. The highest BCUT2D eigenvalue weighted by molar-refractivity contribution is 7.91. The molecule has 2 heterocycles. The Morgan fingerprint density at radius 3 is 2.45 bits per heavy atom. The van der Waals surface area contributed by atoms with Gasteiger partial charge in [-0.1, -0.05) is 6.92 Å². The first-order chi connectivity index (χ1) is 13.8. The fourth-order valence-electron chi connectivity index (χ4n) is 3.59. The molecule has 2 aromatic carbocycles. The Balaban J connectivity index is 1.51. The lowest BCUT2D eigenvalue weighted by atomic mass is 10.2. The molecule has 3 aromatic rings. The number of nitrogens with zero attached hydrogens (tertiary/aromatic N) is 2. The molecule has 7 nitrogen and oxygen atoms in total. The van der Waals surface area contributed by atoms with E-state index in [2.05, 4.69) is 41.2 Å². The molecule has 0 unspecified atom stereocenters. The lowest BCUT2D eigenvalue weighted by molar-refractivity contribution is -0.00521. The molecule has 0 bridgehead atoms. The minimum Gasteiger partial charge on any atom is -0.423 e. The van der Waals surface area contributed by atoms with Crippen LogP contribution >= 0.6 is 0 Å². The van der Waals surface area contributed by atoms with E-state index < -0.39 is 9.84 Å². The maximum Gasteiger partial charge on any atom is 0.300 e. The molecule has 1 fully saturated rings. The fourth-order valence-corrected chi connectivity index (χ4v) is 4.49. The fraction of sp³-hybridized carbons (Fsp3) is 0.381. The number of anilines is 3. The second-order valence-electron chi connectivity index (χ2n) is 7.39. The molecular formula is C21H25N3O4S. The summed E-state index contributed by atoms with van der Waals surface area (Å²) in [4.78, 5) is 6.95. The SMILES string of the molecule is CCS(=O)(=O)c1ccc2oc(Nc3ccc(N4C[C@@H](C)O[C@@H](C)C4)cc3)nc2c1. The van der Waals surface area contributed by atoms with E-state index in [0.29, 0.717) is 17.1 Å². The third kappa shape index (κ3) is 4.23. The molecule has 0 spiro atoms. The summed E-state index contributed by atoms with van der Waals surface area (Å²) in [5, 5.41) is 3.14. The Bertz CT molecular complexity index is 1100. The summed E-state index contributed by atoms with van der Waals surface area (Å²) in [5.74, 6) is 0.0501. The van der Waals surface area contributed by atoms with Crippen molar-refractivity contribution in [1.82, 2.24) is 4.98 Å². The van der Waals surface area contributed by atoms with Crippen LogP contribution in [0.5, 0.6) is 0 Å². The van der Waals surface area contributed by atoms with E-state index in [1.54, 1.807) is 25.1 Å². The molecule has 0 aliphatic carbocycles. The zero-order valence-corrected chi connectivity index (χ0v) is 17.6.